The molecule has 0 aromatic carbocycles. The number of aromatic nitrogens is 6. The SMILES string of the molecule is COc1ccc2nnc(C3CCN(Cc4cc5n(n4)CCOC5)CC3)n2n1. The van der Waals surface area contributed by atoms with E-state index in [1.54, 1.807) is 7.11 Å². The molecule has 9 heteroatoms. The summed E-state index contributed by atoms with van der Waals surface area (Å²) in [5, 5.41) is 17.8. The number of rotatable bonds is 4. The minimum atomic E-state index is 0.361. The Labute approximate surface area is 156 Å². The van der Waals surface area contributed by atoms with Gasteiger partial charge in [-0.1, -0.05) is 0 Å². The molecule has 0 radical (unpaired) electrons. The van der Waals surface area contributed by atoms with Gasteiger partial charge in [0.25, 0.3) is 0 Å². The predicted molar refractivity (Wildman–Crippen MR) is 96.5 cm³/mol. The van der Waals surface area contributed by atoms with Crippen molar-refractivity contribution in [2.24, 2.45) is 0 Å². The van der Waals surface area contributed by atoms with Crippen molar-refractivity contribution in [1.29, 1.82) is 0 Å². The van der Waals surface area contributed by atoms with Crippen LogP contribution in [0.1, 0.15) is 36.0 Å². The minimum absolute atomic E-state index is 0.361. The van der Waals surface area contributed by atoms with Gasteiger partial charge >= 0.3 is 0 Å². The lowest BCUT2D eigenvalue weighted by atomic mass is 9.96. The number of piperidine rings is 1. The molecular formula is C18H23N7O2. The van der Waals surface area contributed by atoms with Crippen LogP contribution in [0.4, 0.5) is 0 Å². The summed E-state index contributed by atoms with van der Waals surface area (Å²) in [5.74, 6) is 1.87. The lowest BCUT2D eigenvalue weighted by Crippen LogP contribution is -2.33. The van der Waals surface area contributed by atoms with Crippen molar-refractivity contribution in [3.8, 4) is 5.88 Å². The Balaban J connectivity index is 1.26. The van der Waals surface area contributed by atoms with Crippen LogP contribution in [0.15, 0.2) is 18.2 Å². The molecule has 1 saturated heterocycles. The average molecular weight is 369 g/mol. The van der Waals surface area contributed by atoms with E-state index in [1.807, 2.05) is 16.6 Å². The normalized spacial score (nSPS) is 18.7. The standard InChI is InChI=1S/C18H23N7O2/c1-26-17-3-2-16-19-20-18(25(16)22-17)13-4-6-23(7-5-13)11-14-10-15-12-27-9-8-24(15)21-14/h2-3,10,13H,4-9,11-12H2,1H3. The summed E-state index contributed by atoms with van der Waals surface area (Å²) < 4.78 is 14.6. The van der Waals surface area contributed by atoms with Gasteiger partial charge in [-0.15, -0.1) is 15.3 Å². The second kappa shape index (κ2) is 6.90. The maximum Gasteiger partial charge on any atom is 0.231 e. The summed E-state index contributed by atoms with van der Waals surface area (Å²) in [6, 6.07) is 5.88. The maximum atomic E-state index is 5.50. The molecule has 5 rings (SSSR count). The van der Waals surface area contributed by atoms with E-state index in [0.29, 0.717) is 18.4 Å². The third-order valence-corrected chi connectivity index (χ3v) is 5.42. The zero-order chi connectivity index (χ0) is 18.2. The van der Waals surface area contributed by atoms with E-state index in [-0.39, 0.29) is 0 Å². The van der Waals surface area contributed by atoms with Crippen LogP contribution >= 0.6 is 0 Å². The Morgan fingerprint density at radius 1 is 1.15 bits per heavy atom. The number of hydrogen-bond donors (Lipinski definition) is 0. The van der Waals surface area contributed by atoms with E-state index in [4.69, 9.17) is 14.6 Å². The van der Waals surface area contributed by atoms with Crippen molar-refractivity contribution in [2.75, 3.05) is 26.8 Å². The van der Waals surface area contributed by atoms with Gasteiger partial charge in [-0.2, -0.15) is 9.61 Å². The maximum absolute atomic E-state index is 5.50. The molecule has 0 unspecified atom stereocenters. The number of fused-ring (bicyclic) bond motifs is 2. The first-order chi connectivity index (χ1) is 13.3. The molecule has 27 heavy (non-hydrogen) atoms. The van der Waals surface area contributed by atoms with Crippen molar-refractivity contribution in [2.45, 2.75) is 38.5 Å². The van der Waals surface area contributed by atoms with E-state index in [0.717, 1.165) is 62.8 Å². The highest BCUT2D eigenvalue weighted by Gasteiger charge is 2.26. The van der Waals surface area contributed by atoms with Gasteiger partial charge < -0.3 is 9.47 Å². The van der Waals surface area contributed by atoms with E-state index < -0.39 is 0 Å². The second-order valence-electron chi connectivity index (χ2n) is 7.16. The summed E-state index contributed by atoms with van der Waals surface area (Å²) in [7, 11) is 1.62. The predicted octanol–water partition coefficient (Wildman–Crippen LogP) is 1.24. The molecule has 0 atom stereocenters. The third-order valence-electron chi connectivity index (χ3n) is 5.42. The van der Waals surface area contributed by atoms with Crippen LogP contribution in [0.3, 0.4) is 0 Å². The Kier molecular flexibility index (Phi) is 4.25. The van der Waals surface area contributed by atoms with Crippen molar-refractivity contribution in [3.05, 3.63) is 35.4 Å². The zero-order valence-electron chi connectivity index (χ0n) is 15.4. The molecule has 0 aliphatic carbocycles. The quantitative estimate of drug-likeness (QED) is 0.684. The van der Waals surface area contributed by atoms with Crippen LogP contribution in [-0.2, 0) is 24.4 Å². The highest BCUT2D eigenvalue weighted by atomic mass is 16.5. The van der Waals surface area contributed by atoms with Crippen LogP contribution < -0.4 is 4.74 Å². The fourth-order valence-corrected chi connectivity index (χ4v) is 3.96. The first kappa shape index (κ1) is 16.6. The highest BCUT2D eigenvalue weighted by Crippen LogP contribution is 2.28. The molecule has 142 valence electrons. The summed E-state index contributed by atoms with van der Waals surface area (Å²) in [4.78, 5) is 2.46. The second-order valence-corrected chi connectivity index (χ2v) is 7.16. The van der Waals surface area contributed by atoms with Crippen LogP contribution in [0, 0.1) is 0 Å². The van der Waals surface area contributed by atoms with Gasteiger partial charge in [0.2, 0.25) is 5.88 Å². The van der Waals surface area contributed by atoms with Gasteiger partial charge in [0.1, 0.15) is 0 Å². The summed E-state index contributed by atoms with van der Waals surface area (Å²) in [6.07, 6.45) is 2.08. The fourth-order valence-electron chi connectivity index (χ4n) is 3.96. The summed E-state index contributed by atoms with van der Waals surface area (Å²) in [6.45, 7) is 5.20. The molecule has 5 heterocycles. The zero-order valence-corrected chi connectivity index (χ0v) is 15.4. The van der Waals surface area contributed by atoms with E-state index in [2.05, 4.69) is 30.9 Å². The molecule has 3 aromatic rings. The molecule has 1 fully saturated rings. The van der Waals surface area contributed by atoms with Gasteiger partial charge in [-0.05, 0) is 38.1 Å². The highest BCUT2D eigenvalue weighted by molar-refractivity contribution is 5.38. The van der Waals surface area contributed by atoms with Gasteiger partial charge in [0.05, 0.1) is 38.3 Å². The van der Waals surface area contributed by atoms with E-state index in [1.165, 1.54) is 5.69 Å². The number of methoxy groups -OCH3 is 1. The smallest absolute Gasteiger partial charge is 0.231 e. The van der Waals surface area contributed by atoms with Crippen LogP contribution in [0.2, 0.25) is 0 Å². The van der Waals surface area contributed by atoms with Gasteiger partial charge in [-0.3, -0.25) is 9.58 Å². The van der Waals surface area contributed by atoms with E-state index in [9.17, 15) is 0 Å². The molecule has 0 N–H and O–H groups in total. The largest absolute Gasteiger partial charge is 0.480 e. The van der Waals surface area contributed by atoms with Crippen molar-refractivity contribution in [1.82, 2.24) is 34.5 Å². The van der Waals surface area contributed by atoms with Crippen molar-refractivity contribution < 1.29 is 9.47 Å². The number of ether oxygens (including phenoxy) is 2. The Morgan fingerprint density at radius 3 is 2.85 bits per heavy atom. The Morgan fingerprint density at radius 2 is 2.04 bits per heavy atom. The molecule has 3 aromatic heterocycles. The van der Waals surface area contributed by atoms with Crippen molar-refractivity contribution in [3.63, 3.8) is 0 Å². The van der Waals surface area contributed by atoms with Gasteiger partial charge in [0.15, 0.2) is 11.5 Å². The molecule has 2 aliphatic rings. The van der Waals surface area contributed by atoms with Crippen molar-refractivity contribution >= 4 is 5.65 Å². The first-order valence-corrected chi connectivity index (χ1v) is 9.42. The molecule has 0 spiro atoms. The van der Waals surface area contributed by atoms with Gasteiger partial charge in [-0.25, -0.2) is 0 Å². The lowest BCUT2D eigenvalue weighted by Gasteiger charge is -2.30. The Hall–Kier alpha value is -2.52. The lowest BCUT2D eigenvalue weighted by molar-refractivity contribution is 0.0799. The molecule has 9 nitrogen and oxygen atoms in total. The molecule has 0 amide bonds. The monoisotopic (exact) mass is 369 g/mol. The summed E-state index contributed by atoms with van der Waals surface area (Å²) in [5.41, 5.74) is 3.08. The molecule has 0 bridgehead atoms. The van der Waals surface area contributed by atoms with Crippen LogP contribution in [0.5, 0.6) is 5.88 Å². The first-order valence-electron chi connectivity index (χ1n) is 9.42. The summed E-state index contributed by atoms with van der Waals surface area (Å²) >= 11 is 0. The van der Waals surface area contributed by atoms with Crippen LogP contribution in [0.25, 0.3) is 5.65 Å². The van der Waals surface area contributed by atoms with Gasteiger partial charge in [0, 0.05) is 18.5 Å². The fraction of sp³-hybridized carbons (Fsp3) is 0.556. The molecule has 0 saturated carbocycles. The minimum Gasteiger partial charge on any atom is -0.480 e. The van der Waals surface area contributed by atoms with Crippen LogP contribution in [-0.4, -0.2) is 61.3 Å². The number of hydrogen-bond acceptors (Lipinski definition) is 7. The molecule has 2 aliphatic heterocycles. The number of nitrogens with zero attached hydrogens (tertiary/aromatic N) is 7. The third kappa shape index (κ3) is 3.17. The van der Waals surface area contributed by atoms with E-state index >= 15 is 0 Å². The molecular weight excluding hydrogens is 346 g/mol. The topological polar surface area (TPSA) is 82.6 Å². The average Bonchev–Trinajstić information content (AvgIpc) is 3.31. The Bertz CT molecular complexity index is 919. The number of likely N-dealkylation sites (tertiary alicyclic amines) is 1.